The average Bonchev–Trinajstić information content (AvgIpc) is 2.35. The van der Waals surface area contributed by atoms with Crippen LogP contribution in [-0.2, 0) is 0 Å². The van der Waals surface area contributed by atoms with E-state index < -0.39 is 0 Å². The molecule has 0 unspecified atom stereocenters. The van der Waals surface area contributed by atoms with E-state index in [0.29, 0.717) is 11.1 Å². The normalized spacial score (nSPS) is 10.7. The maximum Gasteiger partial charge on any atom is 0.171 e. The van der Waals surface area contributed by atoms with Crippen LogP contribution in [0.25, 0.3) is 0 Å². The lowest BCUT2D eigenvalue weighted by Crippen LogP contribution is -2.14. The SMILES string of the molecule is Cc1cc(C)c(C(=O)CC(=O)c2c(C)cc(C)cc2C)c(C)c1. The quantitative estimate of drug-likeness (QED) is 0.589. The molecule has 0 aliphatic carbocycles. The summed E-state index contributed by atoms with van der Waals surface area (Å²) in [6.45, 7) is 11.7. The van der Waals surface area contributed by atoms with Crippen LogP contribution in [0.15, 0.2) is 24.3 Å². The molecule has 0 aliphatic rings. The van der Waals surface area contributed by atoms with Gasteiger partial charge in [-0.15, -0.1) is 0 Å². The topological polar surface area (TPSA) is 34.1 Å². The fourth-order valence-electron chi connectivity index (χ4n) is 3.56. The maximum atomic E-state index is 12.7. The fraction of sp³-hybridized carbons (Fsp3) is 0.333. The Morgan fingerprint density at radius 1 is 0.609 bits per heavy atom. The zero-order valence-electron chi connectivity index (χ0n) is 14.8. The Kier molecular flexibility index (Phi) is 4.84. The Morgan fingerprint density at radius 3 is 1.13 bits per heavy atom. The molecule has 0 saturated carbocycles. The van der Waals surface area contributed by atoms with E-state index in [1.165, 1.54) is 0 Å². The van der Waals surface area contributed by atoms with Gasteiger partial charge in [-0.25, -0.2) is 0 Å². The van der Waals surface area contributed by atoms with Gasteiger partial charge >= 0.3 is 0 Å². The number of hydrogen-bond acceptors (Lipinski definition) is 2. The summed E-state index contributed by atoms with van der Waals surface area (Å²) in [5, 5.41) is 0. The van der Waals surface area contributed by atoms with Crippen molar-refractivity contribution in [1.82, 2.24) is 0 Å². The van der Waals surface area contributed by atoms with Gasteiger partial charge in [-0.1, -0.05) is 35.4 Å². The lowest BCUT2D eigenvalue weighted by molar-refractivity contribution is 0.0893. The Labute approximate surface area is 138 Å². The first-order valence-corrected chi connectivity index (χ1v) is 7.92. The first-order chi connectivity index (χ1) is 10.7. The van der Waals surface area contributed by atoms with E-state index in [1.807, 2.05) is 65.8 Å². The van der Waals surface area contributed by atoms with Crippen molar-refractivity contribution >= 4 is 11.6 Å². The van der Waals surface area contributed by atoms with E-state index in [-0.39, 0.29) is 18.0 Å². The fourth-order valence-corrected chi connectivity index (χ4v) is 3.56. The van der Waals surface area contributed by atoms with E-state index in [2.05, 4.69) is 0 Å². The zero-order chi connectivity index (χ0) is 17.3. The summed E-state index contributed by atoms with van der Waals surface area (Å²) in [4.78, 5) is 25.3. The molecule has 0 aliphatic heterocycles. The maximum absolute atomic E-state index is 12.7. The van der Waals surface area contributed by atoms with Gasteiger partial charge in [0.05, 0.1) is 6.42 Å². The van der Waals surface area contributed by atoms with E-state index in [1.54, 1.807) is 0 Å². The lowest BCUT2D eigenvalue weighted by Gasteiger charge is -2.12. The number of hydrogen-bond donors (Lipinski definition) is 0. The van der Waals surface area contributed by atoms with E-state index in [4.69, 9.17) is 0 Å². The number of aryl methyl sites for hydroxylation is 6. The van der Waals surface area contributed by atoms with Crippen LogP contribution in [0.1, 0.15) is 60.5 Å². The molecule has 0 fully saturated rings. The van der Waals surface area contributed by atoms with Gasteiger partial charge in [0, 0.05) is 11.1 Å². The molecule has 23 heavy (non-hydrogen) atoms. The zero-order valence-corrected chi connectivity index (χ0v) is 14.8. The van der Waals surface area contributed by atoms with Gasteiger partial charge in [0.15, 0.2) is 11.6 Å². The highest BCUT2D eigenvalue weighted by atomic mass is 16.1. The number of carbonyl (C=O) groups excluding carboxylic acids is 2. The number of Topliss-reactive ketones (excluding diaryl/α,β-unsaturated/α-hetero) is 2. The molecular weight excluding hydrogens is 284 g/mol. The predicted octanol–water partition coefficient (Wildman–Crippen LogP) is 4.99. The van der Waals surface area contributed by atoms with Crippen LogP contribution >= 0.6 is 0 Å². The van der Waals surface area contributed by atoms with Crippen molar-refractivity contribution in [2.24, 2.45) is 0 Å². The molecule has 0 spiro atoms. The first-order valence-electron chi connectivity index (χ1n) is 7.92. The second-order valence-corrected chi connectivity index (χ2v) is 6.57. The molecule has 0 radical (unpaired) electrons. The summed E-state index contributed by atoms with van der Waals surface area (Å²) in [5.74, 6) is -0.186. The van der Waals surface area contributed by atoms with Crippen LogP contribution in [0, 0.1) is 41.5 Å². The summed E-state index contributed by atoms with van der Waals surface area (Å²) in [6, 6.07) is 7.97. The van der Waals surface area contributed by atoms with Crippen molar-refractivity contribution in [2.45, 2.75) is 48.0 Å². The standard InChI is InChI=1S/C21H24O2/c1-12-7-14(3)20(15(4)8-12)18(22)11-19(23)21-16(5)9-13(2)10-17(21)6/h7-10H,11H2,1-6H3. The van der Waals surface area contributed by atoms with Crippen molar-refractivity contribution < 1.29 is 9.59 Å². The Bertz CT molecular complexity index is 684. The van der Waals surface area contributed by atoms with Crippen molar-refractivity contribution in [3.63, 3.8) is 0 Å². The van der Waals surface area contributed by atoms with Crippen LogP contribution in [0.2, 0.25) is 0 Å². The van der Waals surface area contributed by atoms with Crippen LogP contribution < -0.4 is 0 Å². The Hall–Kier alpha value is -2.22. The molecule has 0 atom stereocenters. The van der Waals surface area contributed by atoms with Gasteiger partial charge in [-0.2, -0.15) is 0 Å². The second kappa shape index (κ2) is 6.49. The van der Waals surface area contributed by atoms with E-state index in [9.17, 15) is 9.59 Å². The third kappa shape index (κ3) is 3.58. The third-order valence-corrected chi connectivity index (χ3v) is 4.23. The summed E-state index contributed by atoms with van der Waals surface area (Å²) in [7, 11) is 0. The van der Waals surface area contributed by atoms with E-state index >= 15 is 0 Å². The molecule has 0 aromatic heterocycles. The van der Waals surface area contributed by atoms with Crippen LogP contribution in [0.5, 0.6) is 0 Å². The molecule has 0 heterocycles. The Balaban J connectivity index is 2.33. The van der Waals surface area contributed by atoms with Gasteiger partial charge in [-0.05, 0) is 63.8 Å². The molecule has 2 nitrogen and oxygen atoms in total. The van der Waals surface area contributed by atoms with Crippen LogP contribution in [-0.4, -0.2) is 11.6 Å². The van der Waals surface area contributed by atoms with Crippen molar-refractivity contribution in [2.75, 3.05) is 0 Å². The molecule has 2 rings (SSSR count). The summed E-state index contributed by atoms with van der Waals surface area (Å²) in [5.41, 5.74) is 7.41. The van der Waals surface area contributed by atoms with Crippen molar-refractivity contribution in [1.29, 1.82) is 0 Å². The number of ketones is 2. The second-order valence-electron chi connectivity index (χ2n) is 6.57. The minimum atomic E-state index is -0.0932. The molecule has 0 saturated heterocycles. The summed E-state index contributed by atoms with van der Waals surface area (Å²) in [6.07, 6.45) is -0.0739. The van der Waals surface area contributed by atoms with Crippen LogP contribution in [0.4, 0.5) is 0 Å². The molecular formula is C21H24O2. The monoisotopic (exact) mass is 308 g/mol. The minimum Gasteiger partial charge on any atom is -0.294 e. The van der Waals surface area contributed by atoms with Gasteiger partial charge < -0.3 is 0 Å². The Morgan fingerprint density at radius 2 is 0.870 bits per heavy atom. The number of benzene rings is 2. The van der Waals surface area contributed by atoms with Gasteiger partial charge in [0.2, 0.25) is 0 Å². The van der Waals surface area contributed by atoms with Gasteiger partial charge in [0.25, 0.3) is 0 Å². The first kappa shape index (κ1) is 17.1. The third-order valence-electron chi connectivity index (χ3n) is 4.23. The molecule has 2 heteroatoms. The number of rotatable bonds is 4. The van der Waals surface area contributed by atoms with Crippen LogP contribution in [0.3, 0.4) is 0 Å². The predicted molar refractivity (Wildman–Crippen MR) is 94.6 cm³/mol. The summed E-state index contributed by atoms with van der Waals surface area (Å²) >= 11 is 0. The highest BCUT2D eigenvalue weighted by molar-refractivity contribution is 6.15. The summed E-state index contributed by atoms with van der Waals surface area (Å²) < 4.78 is 0. The van der Waals surface area contributed by atoms with Crippen molar-refractivity contribution in [3.8, 4) is 0 Å². The highest BCUT2D eigenvalue weighted by Gasteiger charge is 2.20. The highest BCUT2D eigenvalue weighted by Crippen LogP contribution is 2.22. The minimum absolute atomic E-state index is 0.0739. The molecule has 0 N–H and O–H groups in total. The van der Waals surface area contributed by atoms with Gasteiger partial charge in [-0.3, -0.25) is 9.59 Å². The molecule has 0 bridgehead atoms. The van der Waals surface area contributed by atoms with Crippen molar-refractivity contribution in [3.05, 3.63) is 68.8 Å². The molecule has 0 amide bonds. The molecule has 2 aromatic rings. The lowest BCUT2D eigenvalue weighted by atomic mass is 9.90. The smallest absolute Gasteiger partial charge is 0.171 e. The average molecular weight is 308 g/mol. The largest absolute Gasteiger partial charge is 0.294 e. The number of carbonyl (C=O) groups is 2. The van der Waals surface area contributed by atoms with E-state index in [0.717, 1.165) is 33.4 Å². The van der Waals surface area contributed by atoms with Gasteiger partial charge in [0.1, 0.15) is 0 Å². The molecule has 2 aromatic carbocycles. The molecule has 120 valence electrons.